The molecule has 0 saturated carbocycles. The number of furan rings is 1. The van der Waals surface area contributed by atoms with E-state index in [1.54, 1.807) is 0 Å². The lowest BCUT2D eigenvalue weighted by atomic mass is 10.1. The zero-order valence-corrected chi connectivity index (χ0v) is 12.1. The van der Waals surface area contributed by atoms with Gasteiger partial charge in [-0.15, -0.1) is 0 Å². The van der Waals surface area contributed by atoms with E-state index in [1.165, 1.54) is 0 Å². The van der Waals surface area contributed by atoms with Gasteiger partial charge in [-0.3, -0.25) is 0 Å². The molecule has 0 bridgehead atoms. The standard InChI is InChI=1S/C16H11BrN2O/c17-11-5-7-12(8-6-11)19-10-14-13-3-1-2-4-15(13)20-16(14)9-18/h1-8,19H,10H2. The van der Waals surface area contributed by atoms with Crippen LogP contribution in [0.2, 0.25) is 0 Å². The maximum absolute atomic E-state index is 9.18. The number of fused-ring (bicyclic) bond motifs is 1. The summed E-state index contributed by atoms with van der Waals surface area (Å²) in [5.41, 5.74) is 2.64. The van der Waals surface area contributed by atoms with E-state index in [0.29, 0.717) is 12.3 Å². The third-order valence-corrected chi connectivity index (χ3v) is 3.64. The van der Waals surface area contributed by atoms with Crippen molar-refractivity contribution >= 4 is 32.6 Å². The molecule has 0 aliphatic heterocycles. The third kappa shape index (κ3) is 2.40. The van der Waals surface area contributed by atoms with Crippen LogP contribution in [0.3, 0.4) is 0 Å². The van der Waals surface area contributed by atoms with E-state index in [0.717, 1.165) is 26.7 Å². The van der Waals surface area contributed by atoms with Crippen LogP contribution >= 0.6 is 15.9 Å². The molecule has 3 rings (SSSR count). The van der Waals surface area contributed by atoms with E-state index in [2.05, 4.69) is 27.3 Å². The van der Waals surface area contributed by atoms with Crippen LogP contribution in [0.15, 0.2) is 57.4 Å². The number of hydrogen-bond acceptors (Lipinski definition) is 3. The van der Waals surface area contributed by atoms with Gasteiger partial charge in [0.1, 0.15) is 11.7 Å². The molecule has 0 atom stereocenters. The molecule has 0 radical (unpaired) electrons. The fraction of sp³-hybridized carbons (Fsp3) is 0.0625. The average molecular weight is 327 g/mol. The summed E-state index contributed by atoms with van der Waals surface area (Å²) in [5, 5.41) is 13.5. The van der Waals surface area contributed by atoms with Gasteiger partial charge in [-0.1, -0.05) is 34.1 Å². The molecule has 1 N–H and O–H groups in total. The summed E-state index contributed by atoms with van der Waals surface area (Å²) in [6, 6.07) is 17.7. The highest BCUT2D eigenvalue weighted by Gasteiger charge is 2.12. The van der Waals surface area contributed by atoms with Crippen LogP contribution in [0.1, 0.15) is 11.3 Å². The van der Waals surface area contributed by atoms with Crippen molar-refractivity contribution in [1.29, 1.82) is 5.26 Å². The van der Waals surface area contributed by atoms with Crippen molar-refractivity contribution in [3.8, 4) is 6.07 Å². The Morgan fingerprint density at radius 1 is 1.10 bits per heavy atom. The molecule has 98 valence electrons. The van der Waals surface area contributed by atoms with Crippen LogP contribution in [0.5, 0.6) is 0 Å². The van der Waals surface area contributed by atoms with E-state index in [9.17, 15) is 5.26 Å². The van der Waals surface area contributed by atoms with Gasteiger partial charge in [0, 0.05) is 27.7 Å². The number of nitrogens with one attached hydrogen (secondary N) is 1. The number of para-hydroxylation sites is 1. The quantitative estimate of drug-likeness (QED) is 0.760. The van der Waals surface area contributed by atoms with Crippen molar-refractivity contribution in [2.45, 2.75) is 6.54 Å². The van der Waals surface area contributed by atoms with E-state index in [-0.39, 0.29) is 0 Å². The molecule has 0 amide bonds. The monoisotopic (exact) mass is 326 g/mol. The number of hydrogen-bond donors (Lipinski definition) is 1. The highest BCUT2D eigenvalue weighted by molar-refractivity contribution is 9.10. The SMILES string of the molecule is N#Cc1oc2ccccc2c1CNc1ccc(Br)cc1. The fourth-order valence-corrected chi connectivity index (χ4v) is 2.39. The highest BCUT2D eigenvalue weighted by Crippen LogP contribution is 2.26. The number of anilines is 1. The molecule has 0 aliphatic carbocycles. The number of nitrogens with zero attached hydrogens (tertiary/aromatic N) is 1. The average Bonchev–Trinajstić information content (AvgIpc) is 2.84. The molecule has 1 heterocycles. The van der Waals surface area contributed by atoms with Crippen LogP contribution in [0.4, 0.5) is 5.69 Å². The molecule has 1 aromatic heterocycles. The minimum atomic E-state index is 0.371. The smallest absolute Gasteiger partial charge is 0.209 e. The van der Waals surface area contributed by atoms with Crippen LogP contribution < -0.4 is 5.32 Å². The Hall–Kier alpha value is -2.25. The molecule has 0 fully saturated rings. The number of benzene rings is 2. The van der Waals surface area contributed by atoms with E-state index >= 15 is 0 Å². The minimum Gasteiger partial charge on any atom is -0.445 e. The molecule has 0 aliphatic rings. The minimum absolute atomic E-state index is 0.371. The van der Waals surface area contributed by atoms with Gasteiger partial charge in [-0.05, 0) is 30.3 Å². The lowest BCUT2D eigenvalue weighted by Gasteiger charge is -2.05. The highest BCUT2D eigenvalue weighted by atomic mass is 79.9. The molecule has 4 heteroatoms. The Kier molecular flexibility index (Phi) is 3.44. The first-order chi connectivity index (χ1) is 9.78. The van der Waals surface area contributed by atoms with Crippen LogP contribution in [-0.2, 0) is 6.54 Å². The van der Waals surface area contributed by atoms with Crippen LogP contribution in [-0.4, -0.2) is 0 Å². The van der Waals surface area contributed by atoms with Gasteiger partial charge >= 0.3 is 0 Å². The lowest BCUT2D eigenvalue weighted by Crippen LogP contribution is -2.00. The Bertz CT molecular complexity index is 784. The summed E-state index contributed by atoms with van der Waals surface area (Å²) in [5.74, 6) is 0.371. The maximum atomic E-state index is 9.18. The summed E-state index contributed by atoms with van der Waals surface area (Å²) in [6.45, 7) is 0.557. The number of halogens is 1. The predicted octanol–water partition coefficient (Wildman–Crippen LogP) is 4.68. The van der Waals surface area contributed by atoms with Crippen molar-refractivity contribution < 1.29 is 4.42 Å². The number of rotatable bonds is 3. The third-order valence-electron chi connectivity index (χ3n) is 3.11. The van der Waals surface area contributed by atoms with Crippen LogP contribution in [0.25, 0.3) is 11.0 Å². The second-order valence-electron chi connectivity index (χ2n) is 4.38. The number of nitriles is 1. The largest absolute Gasteiger partial charge is 0.445 e. The van der Waals surface area contributed by atoms with Crippen molar-refractivity contribution in [3.05, 3.63) is 64.3 Å². The lowest BCUT2D eigenvalue weighted by molar-refractivity contribution is 0.594. The Morgan fingerprint density at radius 2 is 1.85 bits per heavy atom. The first kappa shape index (κ1) is 12.8. The van der Waals surface area contributed by atoms with Gasteiger partial charge in [0.15, 0.2) is 0 Å². The van der Waals surface area contributed by atoms with Crippen molar-refractivity contribution in [1.82, 2.24) is 0 Å². The Labute approximate surface area is 125 Å². The zero-order valence-electron chi connectivity index (χ0n) is 10.6. The zero-order chi connectivity index (χ0) is 13.9. The molecular weight excluding hydrogens is 316 g/mol. The Morgan fingerprint density at radius 3 is 2.60 bits per heavy atom. The molecule has 0 spiro atoms. The van der Waals surface area contributed by atoms with E-state index < -0.39 is 0 Å². The Balaban J connectivity index is 1.90. The molecular formula is C16H11BrN2O. The maximum Gasteiger partial charge on any atom is 0.209 e. The van der Waals surface area contributed by atoms with Crippen LogP contribution in [0, 0.1) is 11.3 Å². The molecule has 0 saturated heterocycles. The normalized spacial score (nSPS) is 10.4. The van der Waals surface area contributed by atoms with Gasteiger partial charge in [0.05, 0.1) is 0 Å². The first-order valence-electron chi connectivity index (χ1n) is 6.18. The molecule has 3 nitrogen and oxygen atoms in total. The second kappa shape index (κ2) is 5.40. The summed E-state index contributed by atoms with van der Waals surface area (Å²) < 4.78 is 6.58. The van der Waals surface area contributed by atoms with Gasteiger partial charge in [0.25, 0.3) is 0 Å². The van der Waals surface area contributed by atoms with Gasteiger partial charge in [0.2, 0.25) is 5.76 Å². The van der Waals surface area contributed by atoms with Crippen molar-refractivity contribution in [2.24, 2.45) is 0 Å². The molecule has 20 heavy (non-hydrogen) atoms. The summed E-state index contributed by atoms with van der Waals surface area (Å²) in [6.07, 6.45) is 0. The van der Waals surface area contributed by atoms with Gasteiger partial charge in [-0.25, -0.2) is 0 Å². The van der Waals surface area contributed by atoms with E-state index in [4.69, 9.17) is 4.42 Å². The molecule has 2 aromatic carbocycles. The summed E-state index contributed by atoms with van der Waals surface area (Å²) in [4.78, 5) is 0. The second-order valence-corrected chi connectivity index (χ2v) is 5.29. The predicted molar refractivity (Wildman–Crippen MR) is 82.4 cm³/mol. The molecule has 3 aromatic rings. The van der Waals surface area contributed by atoms with Gasteiger partial charge in [-0.2, -0.15) is 5.26 Å². The van der Waals surface area contributed by atoms with Gasteiger partial charge < -0.3 is 9.73 Å². The first-order valence-corrected chi connectivity index (χ1v) is 6.97. The summed E-state index contributed by atoms with van der Waals surface area (Å²) >= 11 is 3.40. The fourth-order valence-electron chi connectivity index (χ4n) is 2.12. The summed E-state index contributed by atoms with van der Waals surface area (Å²) in [7, 11) is 0. The van der Waals surface area contributed by atoms with Crippen molar-refractivity contribution in [2.75, 3.05) is 5.32 Å². The topological polar surface area (TPSA) is 49.0 Å². The van der Waals surface area contributed by atoms with Crippen molar-refractivity contribution in [3.63, 3.8) is 0 Å². The molecule has 0 unspecified atom stereocenters. The van der Waals surface area contributed by atoms with E-state index in [1.807, 2.05) is 48.5 Å².